The molecule has 0 radical (unpaired) electrons. The monoisotopic (exact) mass is 392 g/mol. The van der Waals surface area contributed by atoms with Crippen LogP contribution >= 0.6 is 0 Å². The van der Waals surface area contributed by atoms with Crippen molar-refractivity contribution in [2.24, 2.45) is 5.14 Å². The summed E-state index contributed by atoms with van der Waals surface area (Å²) >= 11 is 0. The number of anilines is 1. The zero-order valence-electron chi connectivity index (χ0n) is 15.3. The minimum absolute atomic E-state index is 0.0618. The molecule has 1 amide bonds. The lowest BCUT2D eigenvalue weighted by atomic mass is 10.1. The molecule has 1 aromatic carbocycles. The van der Waals surface area contributed by atoms with Crippen LogP contribution in [0, 0.1) is 0 Å². The molecule has 0 atom stereocenters. The number of sulfonamides is 1. The Kier molecular flexibility index (Phi) is 7.22. The van der Waals surface area contributed by atoms with E-state index in [1.807, 2.05) is 19.0 Å². The Morgan fingerprint density at radius 3 is 2.30 bits per heavy atom. The van der Waals surface area contributed by atoms with Crippen LogP contribution < -0.4 is 15.8 Å². The van der Waals surface area contributed by atoms with Crippen molar-refractivity contribution < 1.29 is 13.2 Å². The van der Waals surface area contributed by atoms with Crippen LogP contribution in [0.1, 0.15) is 15.9 Å². The van der Waals surface area contributed by atoms with Gasteiger partial charge in [-0.2, -0.15) is 0 Å². The number of nitrogens with one attached hydrogen (secondary N) is 2. The Balaban J connectivity index is 1.80. The first-order valence-corrected chi connectivity index (χ1v) is 9.91. The number of amides is 1. The number of likely N-dealkylation sites (N-methyl/N-ethyl adjacent to an activating group) is 1. The first-order valence-electron chi connectivity index (χ1n) is 8.36. The highest BCUT2D eigenvalue weighted by Gasteiger charge is 2.08. The van der Waals surface area contributed by atoms with Crippen LogP contribution in [0.4, 0.5) is 5.95 Å². The fourth-order valence-electron chi connectivity index (χ4n) is 2.20. The number of nitrogens with two attached hydrogens (primary N) is 1. The molecule has 1 aromatic heterocycles. The maximum atomic E-state index is 12.1. The molecular formula is C17H24N6O3S. The van der Waals surface area contributed by atoms with E-state index in [4.69, 9.17) is 5.14 Å². The highest BCUT2D eigenvalue weighted by molar-refractivity contribution is 7.89. The summed E-state index contributed by atoms with van der Waals surface area (Å²) in [6, 6.07) is 6.23. The molecule has 0 aliphatic rings. The van der Waals surface area contributed by atoms with Gasteiger partial charge in [-0.3, -0.25) is 4.79 Å². The molecule has 2 aromatic rings. The Hall–Kier alpha value is -2.56. The molecule has 146 valence electrons. The number of nitrogens with zero attached hydrogens (tertiary/aromatic N) is 3. The summed E-state index contributed by atoms with van der Waals surface area (Å²) in [7, 11) is 0.259. The maximum Gasteiger partial charge on any atom is 0.254 e. The molecule has 2 rings (SSSR count). The molecule has 0 saturated heterocycles. The van der Waals surface area contributed by atoms with Gasteiger partial charge in [-0.05, 0) is 38.2 Å². The minimum Gasteiger partial charge on any atom is -0.353 e. The largest absolute Gasteiger partial charge is 0.353 e. The lowest BCUT2D eigenvalue weighted by Crippen LogP contribution is -2.26. The van der Waals surface area contributed by atoms with Gasteiger partial charge in [0.1, 0.15) is 0 Å². The highest BCUT2D eigenvalue weighted by atomic mass is 32.2. The van der Waals surface area contributed by atoms with Crippen molar-refractivity contribution in [2.45, 2.75) is 11.3 Å². The topological polar surface area (TPSA) is 130 Å². The summed E-state index contributed by atoms with van der Waals surface area (Å²) in [5.74, 6) is 0.208. The number of hydrogen-bond donors (Lipinski definition) is 3. The number of hydrogen-bond acceptors (Lipinski definition) is 7. The van der Waals surface area contributed by atoms with Crippen LogP contribution in [0.15, 0.2) is 41.6 Å². The van der Waals surface area contributed by atoms with Gasteiger partial charge in [-0.1, -0.05) is 12.1 Å². The first kappa shape index (κ1) is 20.7. The van der Waals surface area contributed by atoms with Crippen LogP contribution in [0.5, 0.6) is 0 Å². The van der Waals surface area contributed by atoms with E-state index in [1.165, 1.54) is 24.5 Å². The zero-order valence-corrected chi connectivity index (χ0v) is 16.2. The Labute approximate surface area is 159 Å². The fourth-order valence-corrected chi connectivity index (χ4v) is 2.71. The fraction of sp³-hybridized carbons (Fsp3) is 0.353. The standard InChI is InChI=1S/C17H24N6O3S/c1-23(2)10-9-20-17-21-11-14(12-22-17)16(24)19-8-7-13-3-5-15(6-4-13)27(18,25)26/h3-6,11-12H,7-10H2,1-2H3,(H,19,24)(H2,18,25,26)(H,20,21,22). The number of benzene rings is 1. The molecular weight excluding hydrogens is 368 g/mol. The average Bonchev–Trinajstić information content (AvgIpc) is 2.61. The van der Waals surface area contributed by atoms with Crippen molar-refractivity contribution in [2.75, 3.05) is 39.0 Å². The van der Waals surface area contributed by atoms with E-state index in [9.17, 15) is 13.2 Å². The first-order chi connectivity index (χ1) is 12.8. The Morgan fingerprint density at radius 1 is 1.11 bits per heavy atom. The molecule has 0 bridgehead atoms. The molecule has 9 nitrogen and oxygen atoms in total. The smallest absolute Gasteiger partial charge is 0.254 e. The molecule has 0 unspecified atom stereocenters. The van der Waals surface area contributed by atoms with Crippen LogP contribution in [0.25, 0.3) is 0 Å². The SMILES string of the molecule is CN(C)CCNc1ncc(C(=O)NCCc2ccc(S(N)(=O)=O)cc2)cn1. The summed E-state index contributed by atoms with van der Waals surface area (Å²) in [6.45, 7) is 1.96. The van der Waals surface area contributed by atoms with Crippen LogP contribution in [-0.2, 0) is 16.4 Å². The van der Waals surface area contributed by atoms with Crippen molar-refractivity contribution in [1.82, 2.24) is 20.2 Å². The van der Waals surface area contributed by atoms with E-state index in [1.54, 1.807) is 12.1 Å². The number of carbonyl (C=O) groups excluding carboxylic acids is 1. The number of rotatable bonds is 9. The van der Waals surface area contributed by atoms with Gasteiger partial charge in [-0.15, -0.1) is 0 Å². The second-order valence-corrected chi connectivity index (χ2v) is 7.78. The van der Waals surface area contributed by atoms with E-state index in [0.29, 0.717) is 31.0 Å². The van der Waals surface area contributed by atoms with Crippen LogP contribution in [0.3, 0.4) is 0 Å². The summed E-state index contributed by atoms with van der Waals surface area (Å²) in [6.07, 6.45) is 3.50. The second kappa shape index (κ2) is 9.40. The summed E-state index contributed by atoms with van der Waals surface area (Å²) in [5, 5.41) is 10.9. The molecule has 10 heteroatoms. The molecule has 4 N–H and O–H groups in total. The maximum absolute atomic E-state index is 12.1. The predicted molar refractivity (Wildman–Crippen MR) is 103 cm³/mol. The van der Waals surface area contributed by atoms with Crippen molar-refractivity contribution in [3.8, 4) is 0 Å². The lowest BCUT2D eigenvalue weighted by Gasteiger charge is -2.10. The van der Waals surface area contributed by atoms with Crippen molar-refractivity contribution >= 4 is 21.9 Å². The highest BCUT2D eigenvalue weighted by Crippen LogP contribution is 2.09. The van der Waals surface area contributed by atoms with E-state index in [0.717, 1.165) is 12.1 Å². The van der Waals surface area contributed by atoms with E-state index >= 15 is 0 Å². The van der Waals surface area contributed by atoms with Gasteiger partial charge in [0.05, 0.1) is 10.5 Å². The molecule has 27 heavy (non-hydrogen) atoms. The van der Waals surface area contributed by atoms with Gasteiger partial charge in [-0.25, -0.2) is 23.5 Å². The number of aromatic nitrogens is 2. The van der Waals surface area contributed by atoms with E-state index in [-0.39, 0.29) is 10.8 Å². The van der Waals surface area contributed by atoms with Gasteiger partial charge in [0.25, 0.3) is 5.91 Å². The quantitative estimate of drug-likeness (QED) is 0.550. The molecule has 0 aliphatic carbocycles. The third-order valence-corrected chi connectivity index (χ3v) is 4.64. The summed E-state index contributed by atoms with van der Waals surface area (Å²) < 4.78 is 22.4. The Morgan fingerprint density at radius 2 is 1.74 bits per heavy atom. The van der Waals surface area contributed by atoms with Crippen molar-refractivity contribution in [1.29, 1.82) is 0 Å². The molecule has 0 aliphatic heterocycles. The van der Waals surface area contributed by atoms with Gasteiger partial charge in [0, 0.05) is 32.0 Å². The molecule has 0 spiro atoms. The van der Waals surface area contributed by atoms with Crippen LogP contribution in [0.2, 0.25) is 0 Å². The van der Waals surface area contributed by atoms with Crippen LogP contribution in [-0.4, -0.2) is 62.9 Å². The number of primary sulfonamides is 1. The molecule has 0 saturated carbocycles. The minimum atomic E-state index is -3.69. The van der Waals surface area contributed by atoms with E-state index < -0.39 is 10.0 Å². The summed E-state index contributed by atoms with van der Waals surface area (Å²) in [4.78, 5) is 22.5. The van der Waals surface area contributed by atoms with Gasteiger partial charge >= 0.3 is 0 Å². The van der Waals surface area contributed by atoms with Gasteiger partial charge in [0.2, 0.25) is 16.0 Å². The Bertz CT molecular complexity index is 851. The molecule has 0 fully saturated rings. The lowest BCUT2D eigenvalue weighted by molar-refractivity contribution is 0.0953. The average molecular weight is 392 g/mol. The van der Waals surface area contributed by atoms with Gasteiger partial charge < -0.3 is 15.5 Å². The zero-order chi connectivity index (χ0) is 19.9. The van der Waals surface area contributed by atoms with E-state index in [2.05, 4.69) is 20.6 Å². The second-order valence-electron chi connectivity index (χ2n) is 6.22. The predicted octanol–water partition coefficient (Wildman–Crippen LogP) is 0.0700. The normalized spacial score (nSPS) is 11.4. The van der Waals surface area contributed by atoms with Crippen molar-refractivity contribution in [3.63, 3.8) is 0 Å². The molecule has 1 heterocycles. The third-order valence-electron chi connectivity index (χ3n) is 3.71. The number of carbonyl (C=O) groups is 1. The van der Waals surface area contributed by atoms with Gasteiger partial charge in [0.15, 0.2) is 0 Å². The van der Waals surface area contributed by atoms with Crippen molar-refractivity contribution in [3.05, 3.63) is 47.8 Å². The third kappa shape index (κ3) is 6.93. The summed E-state index contributed by atoms with van der Waals surface area (Å²) in [5.41, 5.74) is 1.26.